The maximum Gasteiger partial charge on any atom is 0.387 e. The molecule has 0 fully saturated rings. The second-order valence-electron chi connectivity index (χ2n) is 4.25. The molecule has 1 aromatic carbocycles. The maximum atomic E-state index is 12.1. The van der Waals surface area contributed by atoms with Gasteiger partial charge in [-0.3, -0.25) is 4.68 Å². The summed E-state index contributed by atoms with van der Waals surface area (Å²) in [5.41, 5.74) is 6.92. The summed E-state index contributed by atoms with van der Waals surface area (Å²) in [6.07, 6.45) is 2.02. The van der Waals surface area contributed by atoms with Crippen LogP contribution < -0.4 is 10.5 Å². The van der Waals surface area contributed by atoms with E-state index in [0.29, 0.717) is 6.42 Å². The number of rotatable bonds is 6. The van der Waals surface area contributed by atoms with E-state index in [-0.39, 0.29) is 11.8 Å². The Bertz CT molecular complexity index is 542. The van der Waals surface area contributed by atoms with Crippen LogP contribution in [0.25, 0.3) is 0 Å². The van der Waals surface area contributed by atoms with E-state index in [2.05, 4.69) is 14.8 Å². The molecular formula is C13H16F2N4O. The monoisotopic (exact) mass is 282 g/mol. The first-order valence-corrected chi connectivity index (χ1v) is 6.27. The van der Waals surface area contributed by atoms with E-state index in [9.17, 15) is 8.78 Å². The third kappa shape index (κ3) is 3.51. The van der Waals surface area contributed by atoms with Gasteiger partial charge in [-0.2, -0.15) is 13.9 Å². The zero-order valence-corrected chi connectivity index (χ0v) is 11.0. The van der Waals surface area contributed by atoms with Crippen molar-refractivity contribution < 1.29 is 13.5 Å². The van der Waals surface area contributed by atoms with Gasteiger partial charge >= 0.3 is 6.61 Å². The number of nitrogens with zero attached hydrogens (tertiary/aromatic N) is 3. The summed E-state index contributed by atoms with van der Waals surface area (Å²) >= 11 is 0. The second kappa shape index (κ2) is 6.42. The molecule has 20 heavy (non-hydrogen) atoms. The second-order valence-corrected chi connectivity index (χ2v) is 4.25. The van der Waals surface area contributed by atoms with E-state index in [4.69, 9.17) is 5.73 Å². The molecule has 2 rings (SSSR count). The molecule has 108 valence electrons. The topological polar surface area (TPSA) is 66.0 Å². The minimum Gasteiger partial charge on any atom is -0.435 e. The zero-order valence-electron chi connectivity index (χ0n) is 11.0. The smallest absolute Gasteiger partial charge is 0.387 e. The SMILES string of the molecule is CCn1ncnc1CC(N)c1ccc(OC(F)F)cc1. The minimum atomic E-state index is -2.82. The fourth-order valence-corrected chi connectivity index (χ4v) is 1.92. The van der Waals surface area contributed by atoms with Crippen LogP contribution >= 0.6 is 0 Å². The van der Waals surface area contributed by atoms with Gasteiger partial charge in [-0.05, 0) is 24.6 Å². The lowest BCUT2D eigenvalue weighted by Crippen LogP contribution is -2.17. The summed E-state index contributed by atoms with van der Waals surface area (Å²) in [7, 11) is 0. The summed E-state index contributed by atoms with van der Waals surface area (Å²) < 4.78 is 30.2. The zero-order chi connectivity index (χ0) is 14.5. The number of halogens is 2. The van der Waals surface area contributed by atoms with Gasteiger partial charge in [0.05, 0.1) is 0 Å². The van der Waals surface area contributed by atoms with Gasteiger partial charge in [-0.25, -0.2) is 4.98 Å². The predicted molar refractivity (Wildman–Crippen MR) is 69.4 cm³/mol. The van der Waals surface area contributed by atoms with Gasteiger partial charge in [0.25, 0.3) is 0 Å². The van der Waals surface area contributed by atoms with Crippen LogP contribution in [-0.4, -0.2) is 21.4 Å². The van der Waals surface area contributed by atoms with Crippen LogP contribution in [0, 0.1) is 0 Å². The van der Waals surface area contributed by atoms with Gasteiger partial charge in [-0.15, -0.1) is 0 Å². The van der Waals surface area contributed by atoms with Gasteiger partial charge in [0.15, 0.2) is 0 Å². The Labute approximate surface area is 115 Å². The molecule has 1 heterocycles. The van der Waals surface area contributed by atoms with Crippen molar-refractivity contribution in [1.82, 2.24) is 14.8 Å². The molecule has 0 saturated carbocycles. The van der Waals surface area contributed by atoms with Crippen LogP contribution in [0.4, 0.5) is 8.78 Å². The van der Waals surface area contributed by atoms with E-state index in [1.54, 1.807) is 16.8 Å². The van der Waals surface area contributed by atoms with Crippen LogP contribution in [-0.2, 0) is 13.0 Å². The van der Waals surface area contributed by atoms with Crippen LogP contribution in [0.15, 0.2) is 30.6 Å². The van der Waals surface area contributed by atoms with Crippen molar-refractivity contribution in [3.05, 3.63) is 42.0 Å². The predicted octanol–water partition coefficient (Wildman–Crippen LogP) is 2.14. The molecule has 0 aliphatic rings. The van der Waals surface area contributed by atoms with Crippen molar-refractivity contribution in [2.75, 3.05) is 0 Å². The average molecular weight is 282 g/mol. The van der Waals surface area contributed by atoms with Crippen molar-refractivity contribution in [2.24, 2.45) is 5.73 Å². The summed E-state index contributed by atoms with van der Waals surface area (Å²) in [5, 5.41) is 4.07. The Morgan fingerprint density at radius 3 is 2.60 bits per heavy atom. The van der Waals surface area contributed by atoms with E-state index in [1.165, 1.54) is 18.5 Å². The van der Waals surface area contributed by atoms with Crippen LogP contribution in [0.3, 0.4) is 0 Å². The third-order valence-electron chi connectivity index (χ3n) is 2.93. The Balaban J connectivity index is 2.04. The van der Waals surface area contributed by atoms with Crippen LogP contribution in [0.1, 0.15) is 24.4 Å². The highest BCUT2D eigenvalue weighted by Gasteiger charge is 2.12. The molecule has 0 saturated heterocycles. The molecule has 1 unspecified atom stereocenters. The Morgan fingerprint density at radius 1 is 1.30 bits per heavy atom. The summed E-state index contributed by atoms with van der Waals surface area (Å²) in [4.78, 5) is 4.16. The first kappa shape index (κ1) is 14.4. The van der Waals surface area contributed by atoms with Crippen LogP contribution in [0.2, 0.25) is 0 Å². The highest BCUT2D eigenvalue weighted by atomic mass is 19.3. The molecule has 0 aliphatic carbocycles. The first-order chi connectivity index (χ1) is 9.60. The third-order valence-corrected chi connectivity index (χ3v) is 2.93. The number of alkyl halides is 2. The Morgan fingerprint density at radius 2 is 2.00 bits per heavy atom. The summed E-state index contributed by atoms with van der Waals surface area (Å²) in [6.45, 7) is -0.124. The van der Waals surface area contributed by atoms with E-state index in [1.807, 2.05) is 6.92 Å². The Kier molecular flexibility index (Phi) is 4.62. The normalized spacial score (nSPS) is 12.7. The number of aromatic nitrogens is 3. The number of hydrogen-bond acceptors (Lipinski definition) is 4. The molecule has 5 nitrogen and oxygen atoms in total. The minimum absolute atomic E-state index is 0.118. The van der Waals surface area contributed by atoms with E-state index >= 15 is 0 Å². The molecule has 0 radical (unpaired) electrons. The molecule has 1 atom stereocenters. The van der Waals surface area contributed by atoms with Gasteiger partial charge in [0.1, 0.15) is 17.9 Å². The van der Waals surface area contributed by atoms with Crippen molar-refractivity contribution >= 4 is 0 Å². The highest BCUT2D eigenvalue weighted by Crippen LogP contribution is 2.20. The molecule has 0 bridgehead atoms. The lowest BCUT2D eigenvalue weighted by molar-refractivity contribution is -0.0498. The quantitative estimate of drug-likeness (QED) is 0.881. The van der Waals surface area contributed by atoms with E-state index in [0.717, 1.165) is 17.9 Å². The molecule has 2 N–H and O–H groups in total. The largest absolute Gasteiger partial charge is 0.435 e. The van der Waals surface area contributed by atoms with Crippen molar-refractivity contribution in [3.8, 4) is 5.75 Å². The first-order valence-electron chi connectivity index (χ1n) is 6.27. The van der Waals surface area contributed by atoms with Gasteiger partial charge in [-0.1, -0.05) is 12.1 Å². The lowest BCUT2D eigenvalue weighted by Gasteiger charge is -2.13. The maximum absolute atomic E-state index is 12.1. The number of ether oxygens (including phenoxy) is 1. The Hall–Kier alpha value is -2.02. The van der Waals surface area contributed by atoms with Gasteiger partial charge < -0.3 is 10.5 Å². The fraction of sp³-hybridized carbons (Fsp3) is 0.385. The standard InChI is InChI=1S/C13H16F2N4O/c1-2-19-12(17-8-18-19)7-11(16)9-3-5-10(6-4-9)20-13(14)15/h3-6,8,11,13H,2,7,16H2,1H3. The lowest BCUT2D eigenvalue weighted by atomic mass is 10.0. The molecular weight excluding hydrogens is 266 g/mol. The molecule has 7 heteroatoms. The number of hydrogen-bond donors (Lipinski definition) is 1. The molecule has 0 amide bonds. The molecule has 0 aliphatic heterocycles. The fourth-order valence-electron chi connectivity index (χ4n) is 1.92. The molecule has 1 aromatic heterocycles. The van der Waals surface area contributed by atoms with Crippen LogP contribution in [0.5, 0.6) is 5.75 Å². The summed E-state index contributed by atoms with van der Waals surface area (Å²) in [5.74, 6) is 0.917. The average Bonchev–Trinajstić information content (AvgIpc) is 2.86. The molecule has 2 aromatic rings. The van der Waals surface area contributed by atoms with Crippen molar-refractivity contribution in [2.45, 2.75) is 32.5 Å². The van der Waals surface area contributed by atoms with Crippen molar-refractivity contribution in [3.63, 3.8) is 0 Å². The summed E-state index contributed by atoms with van der Waals surface area (Å²) in [6, 6.07) is 6.03. The number of nitrogens with two attached hydrogens (primary N) is 1. The highest BCUT2D eigenvalue weighted by molar-refractivity contribution is 5.29. The molecule has 0 spiro atoms. The number of benzene rings is 1. The van der Waals surface area contributed by atoms with E-state index < -0.39 is 6.61 Å². The van der Waals surface area contributed by atoms with Gasteiger partial charge in [0, 0.05) is 19.0 Å². The number of aryl methyl sites for hydroxylation is 1. The van der Waals surface area contributed by atoms with Gasteiger partial charge in [0.2, 0.25) is 0 Å². The van der Waals surface area contributed by atoms with Crippen molar-refractivity contribution in [1.29, 1.82) is 0 Å².